The first-order chi connectivity index (χ1) is 7.22. The number of aryl methyl sites for hydroxylation is 2. The molecule has 2 aromatic heterocycles. The lowest BCUT2D eigenvalue weighted by atomic mass is 10.3. The predicted molar refractivity (Wildman–Crippen MR) is 64.2 cm³/mol. The van der Waals surface area contributed by atoms with Crippen molar-refractivity contribution in [2.75, 3.05) is 0 Å². The number of aromatic nitrogens is 1. The molecule has 0 saturated heterocycles. The minimum absolute atomic E-state index is 0.466. The Morgan fingerprint density at radius 3 is 2.87 bits per heavy atom. The fraction of sp³-hybridized carbons (Fsp3) is 0.273. The molecule has 0 radical (unpaired) electrons. The number of nitriles is 1. The minimum atomic E-state index is 0.466. The van der Waals surface area contributed by atoms with Gasteiger partial charge in [-0.3, -0.25) is 0 Å². The van der Waals surface area contributed by atoms with Crippen LogP contribution < -0.4 is 0 Å². The van der Waals surface area contributed by atoms with Gasteiger partial charge in [-0.15, -0.1) is 22.7 Å². The summed E-state index contributed by atoms with van der Waals surface area (Å²) in [6, 6.07) is 4.27. The Kier molecular flexibility index (Phi) is 2.85. The third-order valence-corrected chi connectivity index (χ3v) is 4.52. The molecule has 0 atom stereocenters. The third-order valence-electron chi connectivity index (χ3n) is 2.19. The van der Waals surface area contributed by atoms with Crippen LogP contribution in [0.15, 0.2) is 11.4 Å². The summed E-state index contributed by atoms with van der Waals surface area (Å²) in [6.45, 7) is 4.06. The van der Waals surface area contributed by atoms with Gasteiger partial charge in [0.05, 0.1) is 23.1 Å². The van der Waals surface area contributed by atoms with E-state index < -0.39 is 0 Å². The fourth-order valence-corrected chi connectivity index (χ4v) is 3.43. The Hall–Kier alpha value is -1.18. The molecule has 0 aliphatic heterocycles. The Labute approximate surface area is 96.8 Å². The second kappa shape index (κ2) is 4.13. The summed E-state index contributed by atoms with van der Waals surface area (Å²) in [5.41, 5.74) is 2.25. The summed E-state index contributed by atoms with van der Waals surface area (Å²) in [5.74, 6) is 0. The van der Waals surface area contributed by atoms with Crippen LogP contribution in [0.1, 0.15) is 16.1 Å². The van der Waals surface area contributed by atoms with E-state index >= 15 is 0 Å². The Morgan fingerprint density at radius 1 is 1.47 bits per heavy atom. The second-order valence-electron chi connectivity index (χ2n) is 3.30. The number of nitrogens with zero attached hydrogens (tertiary/aromatic N) is 2. The van der Waals surface area contributed by atoms with Crippen LogP contribution in [-0.4, -0.2) is 4.98 Å². The molecular formula is C11H10N2S2. The van der Waals surface area contributed by atoms with Gasteiger partial charge < -0.3 is 0 Å². The highest BCUT2D eigenvalue weighted by atomic mass is 32.1. The maximum atomic E-state index is 8.67. The molecule has 0 fully saturated rings. The smallest absolute Gasteiger partial charge is 0.134 e. The zero-order chi connectivity index (χ0) is 10.8. The molecule has 76 valence electrons. The van der Waals surface area contributed by atoms with Crippen molar-refractivity contribution in [1.82, 2.24) is 4.98 Å². The van der Waals surface area contributed by atoms with Crippen molar-refractivity contribution in [2.45, 2.75) is 20.3 Å². The molecule has 4 heteroatoms. The maximum Gasteiger partial charge on any atom is 0.134 e. The Morgan fingerprint density at radius 2 is 2.27 bits per heavy atom. The third kappa shape index (κ3) is 1.94. The zero-order valence-corrected chi connectivity index (χ0v) is 10.2. The van der Waals surface area contributed by atoms with Crippen LogP contribution in [0.3, 0.4) is 0 Å². The highest BCUT2D eigenvalue weighted by molar-refractivity contribution is 7.21. The number of thiazole rings is 1. The lowest BCUT2D eigenvalue weighted by molar-refractivity contribution is 1.19. The van der Waals surface area contributed by atoms with Crippen LogP contribution in [0.25, 0.3) is 9.88 Å². The lowest BCUT2D eigenvalue weighted by Gasteiger charge is -1.91. The highest BCUT2D eigenvalue weighted by Gasteiger charge is 2.11. The van der Waals surface area contributed by atoms with E-state index in [1.165, 1.54) is 10.4 Å². The average Bonchev–Trinajstić information content (AvgIpc) is 2.75. The van der Waals surface area contributed by atoms with Crippen molar-refractivity contribution < 1.29 is 0 Å². The van der Waals surface area contributed by atoms with Gasteiger partial charge in [0.15, 0.2) is 0 Å². The van der Waals surface area contributed by atoms with Crippen LogP contribution in [0.4, 0.5) is 0 Å². The molecule has 0 amide bonds. The van der Waals surface area contributed by atoms with E-state index in [4.69, 9.17) is 5.26 Å². The SMILES string of the molecule is Cc1ccsc1-c1nc(C)c(CC#N)s1. The molecular weight excluding hydrogens is 224 g/mol. The van der Waals surface area contributed by atoms with Gasteiger partial charge in [0.2, 0.25) is 0 Å². The van der Waals surface area contributed by atoms with Crippen molar-refractivity contribution in [1.29, 1.82) is 5.26 Å². The van der Waals surface area contributed by atoms with Gasteiger partial charge in [0, 0.05) is 4.88 Å². The average molecular weight is 234 g/mol. The zero-order valence-electron chi connectivity index (χ0n) is 8.57. The van der Waals surface area contributed by atoms with Crippen LogP contribution in [0.5, 0.6) is 0 Å². The standard InChI is InChI=1S/C11H10N2S2/c1-7-4-6-14-10(7)11-13-8(2)9(15-11)3-5-12/h4,6H,3H2,1-2H3. The van der Waals surface area contributed by atoms with E-state index in [-0.39, 0.29) is 0 Å². The molecule has 0 spiro atoms. The highest BCUT2D eigenvalue weighted by Crippen LogP contribution is 2.33. The summed E-state index contributed by atoms with van der Waals surface area (Å²) < 4.78 is 0. The van der Waals surface area contributed by atoms with Gasteiger partial charge in [-0.25, -0.2) is 4.98 Å². The minimum Gasteiger partial charge on any atom is -0.240 e. The maximum absolute atomic E-state index is 8.67. The molecule has 0 unspecified atom stereocenters. The van der Waals surface area contributed by atoms with Crippen LogP contribution in [0.2, 0.25) is 0 Å². The van der Waals surface area contributed by atoms with E-state index in [0.29, 0.717) is 6.42 Å². The normalized spacial score (nSPS) is 10.2. The van der Waals surface area contributed by atoms with Gasteiger partial charge in [-0.1, -0.05) is 0 Å². The monoisotopic (exact) mass is 234 g/mol. The summed E-state index contributed by atoms with van der Waals surface area (Å²) in [7, 11) is 0. The Bertz CT molecular complexity index is 517. The molecule has 2 aromatic rings. The second-order valence-corrected chi connectivity index (χ2v) is 5.29. The summed E-state index contributed by atoms with van der Waals surface area (Å²) >= 11 is 3.34. The topological polar surface area (TPSA) is 36.7 Å². The molecule has 0 aliphatic carbocycles. The summed E-state index contributed by atoms with van der Waals surface area (Å²) in [5, 5.41) is 11.8. The summed E-state index contributed by atoms with van der Waals surface area (Å²) in [4.78, 5) is 6.82. The van der Waals surface area contributed by atoms with Crippen molar-refractivity contribution in [3.63, 3.8) is 0 Å². The van der Waals surface area contributed by atoms with E-state index in [9.17, 15) is 0 Å². The van der Waals surface area contributed by atoms with E-state index in [2.05, 4.69) is 29.4 Å². The van der Waals surface area contributed by atoms with Gasteiger partial charge in [0.1, 0.15) is 5.01 Å². The predicted octanol–water partition coefficient (Wildman–Crippen LogP) is 3.55. The van der Waals surface area contributed by atoms with Crippen molar-refractivity contribution in [3.05, 3.63) is 27.6 Å². The van der Waals surface area contributed by atoms with Crippen molar-refractivity contribution in [2.24, 2.45) is 0 Å². The molecule has 0 N–H and O–H groups in total. The number of hydrogen-bond acceptors (Lipinski definition) is 4. The number of hydrogen-bond donors (Lipinski definition) is 0. The Balaban J connectivity index is 2.43. The van der Waals surface area contributed by atoms with E-state index in [0.717, 1.165) is 15.6 Å². The quantitative estimate of drug-likeness (QED) is 0.796. The number of rotatable bonds is 2. The molecule has 0 bridgehead atoms. The van der Waals surface area contributed by atoms with Crippen molar-refractivity contribution >= 4 is 22.7 Å². The van der Waals surface area contributed by atoms with Gasteiger partial charge in [0.25, 0.3) is 0 Å². The van der Waals surface area contributed by atoms with Crippen molar-refractivity contribution in [3.8, 4) is 16.0 Å². The van der Waals surface area contributed by atoms with E-state index in [1.54, 1.807) is 22.7 Å². The van der Waals surface area contributed by atoms with Gasteiger partial charge in [-0.05, 0) is 30.9 Å². The first-order valence-corrected chi connectivity index (χ1v) is 6.29. The van der Waals surface area contributed by atoms with E-state index in [1.807, 2.05) is 6.92 Å². The fourth-order valence-electron chi connectivity index (χ4n) is 1.35. The number of thiophene rings is 1. The molecule has 15 heavy (non-hydrogen) atoms. The molecule has 0 aromatic carbocycles. The van der Waals surface area contributed by atoms with Gasteiger partial charge >= 0.3 is 0 Å². The molecule has 2 rings (SSSR count). The molecule has 2 heterocycles. The molecule has 2 nitrogen and oxygen atoms in total. The van der Waals surface area contributed by atoms with Crippen LogP contribution >= 0.6 is 22.7 Å². The summed E-state index contributed by atoms with van der Waals surface area (Å²) in [6.07, 6.45) is 0.466. The first-order valence-electron chi connectivity index (χ1n) is 4.60. The first kappa shape index (κ1) is 10.3. The lowest BCUT2D eigenvalue weighted by Crippen LogP contribution is -1.79. The largest absolute Gasteiger partial charge is 0.240 e. The molecule has 0 aliphatic rings. The molecule has 0 saturated carbocycles. The van der Waals surface area contributed by atoms with Crippen LogP contribution in [0, 0.1) is 25.2 Å². The van der Waals surface area contributed by atoms with Gasteiger partial charge in [-0.2, -0.15) is 5.26 Å². The van der Waals surface area contributed by atoms with Crippen LogP contribution in [-0.2, 0) is 6.42 Å².